The van der Waals surface area contributed by atoms with E-state index in [1.807, 2.05) is 6.92 Å². The second kappa shape index (κ2) is 2.33. The van der Waals surface area contributed by atoms with Gasteiger partial charge in [-0.15, -0.1) is 0 Å². The molecule has 11 heavy (non-hydrogen) atoms. The Morgan fingerprint density at radius 2 is 2.09 bits per heavy atom. The lowest BCUT2D eigenvalue weighted by Gasteiger charge is -2.02. The van der Waals surface area contributed by atoms with Crippen LogP contribution in [0.4, 0.5) is 4.39 Å². The van der Waals surface area contributed by atoms with Crippen LogP contribution >= 0.6 is 0 Å². The summed E-state index contributed by atoms with van der Waals surface area (Å²) >= 11 is 0. The number of halogens is 1. The molecule has 0 saturated heterocycles. The van der Waals surface area contributed by atoms with Crippen LogP contribution < -0.4 is 0 Å². The second-order valence-electron chi connectivity index (χ2n) is 3.21. The number of rotatable bonds is 0. The van der Waals surface area contributed by atoms with E-state index in [2.05, 4.69) is 0 Å². The predicted molar refractivity (Wildman–Crippen MR) is 43.2 cm³/mol. The van der Waals surface area contributed by atoms with Gasteiger partial charge in [-0.2, -0.15) is 0 Å². The smallest absolute Gasteiger partial charge is 0.123 e. The average molecular weight is 150 g/mol. The van der Waals surface area contributed by atoms with Crippen molar-refractivity contribution in [2.75, 3.05) is 0 Å². The molecule has 1 aromatic carbocycles. The first-order valence-electron chi connectivity index (χ1n) is 4.05. The molecule has 0 saturated carbocycles. The van der Waals surface area contributed by atoms with E-state index in [1.165, 1.54) is 17.5 Å². The topological polar surface area (TPSA) is 0 Å². The van der Waals surface area contributed by atoms with Gasteiger partial charge < -0.3 is 0 Å². The molecule has 1 heteroatoms. The Kier molecular flexibility index (Phi) is 1.45. The molecule has 2 rings (SSSR count). The minimum Gasteiger partial charge on any atom is -0.207 e. The molecule has 0 spiro atoms. The Labute approximate surface area is 66.1 Å². The van der Waals surface area contributed by atoms with Crippen LogP contribution in [0.2, 0.25) is 0 Å². The molecule has 0 N–H and O–H groups in total. The molecule has 0 fully saturated rings. The predicted octanol–water partition coefficient (Wildman–Crippen LogP) is 2.62. The molecule has 0 unspecified atom stereocenters. The van der Waals surface area contributed by atoms with Crippen molar-refractivity contribution >= 4 is 0 Å². The van der Waals surface area contributed by atoms with Crippen LogP contribution in [0.3, 0.4) is 0 Å². The summed E-state index contributed by atoms with van der Waals surface area (Å²) in [6.45, 7) is 1.99. The van der Waals surface area contributed by atoms with E-state index in [-0.39, 0.29) is 5.82 Å². The summed E-state index contributed by atoms with van der Waals surface area (Å²) < 4.78 is 12.8. The summed E-state index contributed by atoms with van der Waals surface area (Å²) in [6.07, 6.45) is 3.40. The quantitative estimate of drug-likeness (QED) is 0.533. The Morgan fingerprint density at radius 3 is 2.91 bits per heavy atom. The molecule has 1 aliphatic carbocycles. The van der Waals surface area contributed by atoms with E-state index in [0.717, 1.165) is 18.4 Å². The third-order valence-corrected chi connectivity index (χ3v) is 2.40. The molecule has 1 aliphatic rings. The fourth-order valence-corrected chi connectivity index (χ4v) is 1.88. The number of hydrogen-bond donors (Lipinski definition) is 0. The monoisotopic (exact) mass is 150 g/mol. The molecule has 0 heterocycles. The van der Waals surface area contributed by atoms with Crippen molar-refractivity contribution in [2.24, 2.45) is 0 Å². The minimum absolute atomic E-state index is 0.0804. The molecular formula is C10H11F. The van der Waals surface area contributed by atoms with Crippen molar-refractivity contribution in [3.63, 3.8) is 0 Å². The van der Waals surface area contributed by atoms with Crippen molar-refractivity contribution in [3.8, 4) is 0 Å². The standard InChI is InChI=1S/C10H11F/c1-7-5-9(11)6-8-3-2-4-10(7)8/h5-6H,2-4H2,1H3. The normalized spacial score (nSPS) is 15.1. The van der Waals surface area contributed by atoms with Gasteiger partial charge in [0.15, 0.2) is 0 Å². The highest BCUT2D eigenvalue weighted by Gasteiger charge is 2.13. The zero-order valence-electron chi connectivity index (χ0n) is 6.65. The van der Waals surface area contributed by atoms with Gasteiger partial charge in [-0.3, -0.25) is 0 Å². The molecule has 0 aliphatic heterocycles. The Balaban J connectivity index is 2.60. The highest BCUT2D eigenvalue weighted by molar-refractivity contribution is 5.38. The molecular weight excluding hydrogens is 139 g/mol. The maximum absolute atomic E-state index is 12.8. The van der Waals surface area contributed by atoms with Crippen molar-refractivity contribution in [1.82, 2.24) is 0 Å². The molecule has 0 nitrogen and oxygen atoms in total. The van der Waals surface area contributed by atoms with Gasteiger partial charge >= 0.3 is 0 Å². The zero-order valence-corrected chi connectivity index (χ0v) is 6.65. The van der Waals surface area contributed by atoms with E-state index in [9.17, 15) is 4.39 Å². The summed E-state index contributed by atoms with van der Waals surface area (Å²) in [5.41, 5.74) is 3.73. The molecule has 0 radical (unpaired) electrons. The zero-order chi connectivity index (χ0) is 7.84. The Bertz CT molecular complexity index is 289. The number of hydrogen-bond acceptors (Lipinski definition) is 0. The van der Waals surface area contributed by atoms with Gasteiger partial charge in [-0.05, 0) is 55.0 Å². The van der Waals surface area contributed by atoms with Gasteiger partial charge in [0.1, 0.15) is 5.82 Å². The summed E-state index contributed by atoms with van der Waals surface area (Å²) in [4.78, 5) is 0. The first-order valence-corrected chi connectivity index (χ1v) is 4.05. The lowest BCUT2D eigenvalue weighted by Crippen LogP contribution is -1.89. The summed E-state index contributed by atoms with van der Waals surface area (Å²) in [7, 11) is 0. The molecule has 0 aromatic heterocycles. The fourth-order valence-electron chi connectivity index (χ4n) is 1.88. The van der Waals surface area contributed by atoms with Gasteiger partial charge in [0.05, 0.1) is 0 Å². The van der Waals surface area contributed by atoms with E-state index < -0.39 is 0 Å². The van der Waals surface area contributed by atoms with Crippen LogP contribution in [0.1, 0.15) is 23.1 Å². The highest BCUT2D eigenvalue weighted by Crippen LogP contribution is 2.25. The Hall–Kier alpha value is -0.850. The Morgan fingerprint density at radius 1 is 1.27 bits per heavy atom. The largest absolute Gasteiger partial charge is 0.207 e. The molecule has 0 amide bonds. The lowest BCUT2D eigenvalue weighted by molar-refractivity contribution is 0.624. The number of fused-ring (bicyclic) bond motifs is 1. The fraction of sp³-hybridized carbons (Fsp3) is 0.400. The first-order chi connectivity index (χ1) is 5.27. The third-order valence-electron chi connectivity index (χ3n) is 2.40. The van der Waals surface area contributed by atoms with Crippen LogP contribution in [0.25, 0.3) is 0 Å². The summed E-state index contributed by atoms with van der Waals surface area (Å²) in [5.74, 6) is -0.0804. The van der Waals surface area contributed by atoms with Crippen LogP contribution in [0.15, 0.2) is 12.1 Å². The maximum Gasteiger partial charge on any atom is 0.123 e. The van der Waals surface area contributed by atoms with E-state index in [4.69, 9.17) is 0 Å². The van der Waals surface area contributed by atoms with Crippen molar-refractivity contribution in [2.45, 2.75) is 26.2 Å². The van der Waals surface area contributed by atoms with Crippen molar-refractivity contribution in [1.29, 1.82) is 0 Å². The van der Waals surface area contributed by atoms with Crippen LogP contribution in [0, 0.1) is 12.7 Å². The second-order valence-corrected chi connectivity index (χ2v) is 3.21. The van der Waals surface area contributed by atoms with Gasteiger partial charge in [0.25, 0.3) is 0 Å². The highest BCUT2D eigenvalue weighted by atomic mass is 19.1. The van der Waals surface area contributed by atoms with Gasteiger partial charge in [0, 0.05) is 0 Å². The van der Waals surface area contributed by atoms with Crippen LogP contribution in [-0.4, -0.2) is 0 Å². The van der Waals surface area contributed by atoms with Gasteiger partial charge in [-0.1, -0.05) is 0 Å². The minimum atomic E-state index is -0.0804. The van der Waals surface area contributed by atoms with E-state index in [0.29, 0.717) is 0 Å². The van der Waals surface area contributed by atoms with Crippen LogP contribution in [-0.2, 0) is 12.8 Å². The number of benzene rings is 1. The third kappa shape index (κ3) is 1.05. The van der Waals surface area contributed by atoms with Gasteiger partial charge in [-0.25, -0.2) is 4.39 Å². The molecule has 0 atom stereocenters. The first kappa shape index (κ1) is 6.84. The number of aryl methyl sites for hydroxylation is 2. The average Bonchev–Trinajstić information content (AvgIpc) is 2.34. The maximum atomic E-state index is 12.8. The SMILES string of the molecule is Cc1cc(F)cc2c1CCC2. The van der Waals surface area contributed by atoms with Crippen molar-refractivity contribution in [3.05, 3.63) is 34.6 Å². The van der Waals surface area contributed by atoms with Crippen molar-refractivity contribution < 1.29 is 4.39 Å². The van der Waals surface area contributed by atoms with E-state index >= 15 is 0 Å². The van der Waals surface area contributed by atoms with E-state index in [1.54, 1.807) is 12.1 Å². The van der Waals surface area contributed by atoms with Crippen LogP contribution in [0.5, 0.6) is 0 Å². The summed E-state index contributed by atoms with van der Waals surface area (Å²) in [5, 5.41) is 0. The summed E-state index contributed by atoms with van der Waals surface area (Å²) in [6, 6.07) is 3.31. The van der Waals surface area contributed by atoms with Gasteiger partial charge in [0.2, 0.25) is 0 Å². The molecule has 1 aromatic rings. The lowest BCUT2D eigenvalue weighted by atomic mass is 10.0. The molecule has 58 valence electrons. The molecule has 0 bridgehead atoms.